The third kappa shape index (κ3) is 3.20. The van der Waals surface area contributed by atoms with Crippen LogP contribution in [0.1, 0.15) is 40.0 Å². The van der Waals surface area contributed by atoms with Crippen molar-refractivity contribution >= 4 is 11.9 Å². The van der Waals surface area contributed by atoms with E-state index < -0.39 is 0 Å². The van der Waals surface area contributed by atoms with E-state index in [1.54, 1.807) is 0 Å². The molecule has 0 atom stereocenters. The molecule has 12 heavy (non-hydrogen) atoms. The highest BCUT2D eigenvalue weighted by Crippen LogP contribution is 2.50. The van der Waals surface area contributed by atoms with Crippen LogP contribution in [-0.4, -0.2) is 10.3 Å². The van der Waals surface area contributed by atoms with Gasteiger partial charge in [-0.15, -0.1) is 6.58 Å². The van der Waals surface area contributed by atoms with E-state index in [9.17, 15) is 0 Å². The van der Waals surface area contributed by atoms with Crippen LogP contribution >= 0.6 is 11.9 Å². The zero-order chi connectivity index (χ0) is 9.24. The first-order valence-electron chi connectivity index (χ1n) is 4.54. The maximum atomic E-state index is 3.79. The minimum Gasteiger partial charge on any atom is -0.258 e. The fraction of sp³-hybridized carbons (Fsp3) is 0.800. The van der Waals surface area contributed by atoms with Gasteiger partial charge in [-0.05, 0) is 40.0 Å². The van der Waals surface area contributed by atoms with Crippen LogP contribution in [0.3, 0.4) is 0 Å². The molecule has 0 bridgehead atoms. The molecule has 0 spiro atoms. The maximum absolute atomic E-state index is 3.79. The Morgan fingerprint density at radius 1 is 1.50 bits per heavy atom. The Kier molecular flexibility index (Phi) is 2.89. The molecule has 0 saturated heterocycles. The molecular weight excluding hydrogens is 166 g/mol. The van der Waals surface area contributed by atoms with Crippen LogP contribution in [0.15, 0.2) is 12.7 Å². The monoisotopic (exact) mass is 185 g/mol. The Morgan fingerprint density at radius 3 is 2.42 bits per heavy atom. The Morgan fingerprint density at radius 2 is 2.08 bits per heavy atom. The fourth-order valence-corrected chi connectivity index (χ4v) is 2.04. The number of rotatable bonds is 4. The lowest BCUT2D eigenvalue weighted by Gasteiger charge is -2.23. The molecule has 2 heteroatoms. The highest BCUT2D eigenvalue weighted by atomic mass is 32.2. The normalized spacial score (nSPS) is 20.6. The van der Waals surface area contributed by atoms with E-state index in [1.165, 1.54) is 12.8 Å². The van der Waals surface area contributed by atoms with Gasteiger partial charge in [0.2, 0.25) is 0 Å². The van der Waals surface area contributed by atoms with Gasteiger partial charge in [0.1, 0.15) is 0 Å². The Labute approximate surface area is 80.1 Å². The van der Waals surface area contributed by atoms with Crippen LogP contribution in [0.2, 0.25) is 0 Å². The van der Waals surface area contributed by atoms with Crippen LogP contribution in [0, 0.1) is 0 Å². The Balaban J connectivity index is 2.27. The molecule has 1 N–H and O–H groups in total. The van der Waals surface area contributed by atoms with E-state index in [0.717, 1.165) is 6.42 Å². The van der Waals surface area contributed by atoms with E-state index in [2.05, 4.69) is 32.1 Å². The van der Waals surface area contributed by atoms with E-state index in [1.807, 2.05) is 18.0 Å². The fourth-order valence-electron chi connectivity index (χ4n) is 1.01. The molecule has 0 radical (unpaired) electrons. The van der Waals surface area contributed by atoms with Crippen molar-refractivity contribution in [2.75, 3.05) is 0 Å². The summed E-state index contributed by atoms with van der Waals surface area (Å²) in [6.07, 6.45) is 5.85. The van der Waals surface area contributed by atoms with Crippen molar-refractivity contribution in [3.8, 4) is 0 Å². The summed E-state index contributed by atoms with van der Waals surface area (Å²) in [5.74, 6) is 0. The second-order valence-corrected chi connectivity index (χ2v) is 5.90. The van der Waals surface area contributed by atoms with Gasteiger partial charge in [0.25, 0.3) is 0 Å². The summed E-state index contributed by atoms with van der Waals surface area (Å²) in [6, 6.07) is 0. The standard InChI is InChI=1S/C10H19NS/c1-5-6-10(7-8-10)12-11-9(2,3)4/h5,11H,1,6-8H2,2-4H3. The SMILES string of the molecule is C=CCC1(SNC(C)(C)C)CC1. The third-order valence-electron chi connectivity index (χ3n) is 1.90. The summed E-state index contributed by atoms with van der Waals surface area (Å²) in [7, 11) is 0. The molecule has 1 saturated carbocycles. The Hall–Kier alpha value is 0.0500. The largest absolute Gasteiger partial charge is 0.258 e. The first-order valence-corrected chi connectivity index (χ1v) is 5.35. The lowest BCUT2D eigenvalue weighted by atomic mass is 10.1. The second kappa shape index (κ2) is 3.43. The first-order chi connectivity index (χ1) is 5.47. The molecule has 1 aliphatic rings. The van der Waals surface area contributed by atoms with Gasteiger partial charge in [-0.3, -0.25) is 4.72 Å². The van der Waals surface area contributed by atoms with E-state index in [0.29, 0.717) is 4.75 Å². The van der Waals surface area contributed by atoms with Crippen molar-refractivity contribution in [2.24, 2.45) is 0 Å². The van der Waals surface area contributed by atoms with Crippen LogP contribution < -0.4 is 4.72 Å². The van der Waals surface area contributed by atoms with Gasteiger partial charge < -0.3 is 0 Å². The van der Waals surface area contributed by atoms with Crippen molar-refractivity contribution in [2.45, 2.75) is 50.3 Å². The second-order valence-electron chi connectivity index (χ2n) is 4.63. The minimum atomic E-state index is 0.224. The van der Waals surface area contributed by atoms with Crippen LogP contribution in [0.4, 0.5) is 0 Å². The quantitative estimate of drug-likeness (QED) is 0.533. The molecule has 0 aromatic heterocycles. The van der Waals surface area contributed by atoms with Gasteiger partial charge in [0.05, 0.1) is 0 Å². The lowest BCUT2D eigenvalue weighted by molar-refractivity contribution is 0.533. The molecule has 0 aliphatic heterocycles. The summed E-state index contributed by atoms with van der Waals surface area (Å²) in [5.41, 5.74) is 0.224. The van der Waals surface area contributed by atoms with E-state index >= 15 is 0 Å². The smallest absolute Gasteiger partial charge is 0.0340 e. The maximum Gasteiger partial charge on any atom is 0.0340 e. The molecule has 70 valence electrons. The molecular formula is C10H19NS. The van der Waals surface area contributed by atoms with E-state index in [4.69, 9.17) is 0 Å². The van der Waals surface area contributed by atoms with Crippen molar-refractivity contribution in [3.05, 3.63) is 12.7 Å². The van der Waals surface area contributed by atoms with Gasteiger partial charge in [-0.2, -0.15) is 0 Å². The first kappa shape index (κ1) is 10.1. The molecule has 1 nitrogen and oxygen atoms in total. The topological polar surface area (TPSA) is 12.0 Å². The zero-order valence-corrected chi connectivity index (χ0v) is 9.13. The van der Waals surface area contributed by atoms with Gasteiger partial charge in [0, 0.05) is 10.3 Å². The van der Waals surface area contributed by atoms with Crippen LogP contribution in [-0.2, 0) is 0 Å². The molecule has 0 heterocycles. The van der Waals surface area contributed by atoms with Gasteiger partial charge >= 0.3 is 0 Å². The molecule has 1 fully saturated rings. The third-order valence-corrected chi connectivity index (χ3v) is 3.62. The number of allylic oxidation sites excluding steroid dienone is 1. The Bertz CT molecular complexity index is 165. The summed E-state index contributed by atoms with van der Waals surface area (Å²) in [4.78, 5) is 0. The highest BCUT2D eigenvalue weighted by molar-refractivity contribution is 7.99. The highest BCUT2D eigenvalue weighted by Gasteiger charge is 2.42. The van der Waals surface area contributed by atoms with Crippen LogP contribution in [0.5, 0.6) is 0 Å². The van der Waals surface area contributed by atoms with Gasteiger partial charge in [0.15, 0.2) is 0 Å². The van der Waals surface area contributed by atoms with Crippen molar-refractivity contribution in [1.82, 2.24) is 4.72 Å². The van der Waals surface area contributed by atoms with Crippen molar-refractivity contribution < 1.29 is 0 Å². The lowest BCUT2D eigenvalue weighted by Crippen LogP contribution is -2.32. The van der Waals surface area contributed by atoms with Crippen LogP contribution in [0.25, 0.3) is 0 Å². The van der Waals surface area contributed by atoms with Gasteiger partial charge in [-0.25, -0.2) is 0 Å². The van der Waals surface area contributed by atoms with Crippen molar-refractivity contribution in [1.29, 1.82) is 0 Å². The number of hydrogen-bond donors (Lipinski definition) is 1. The average Bonchev–Trinajstić information content (AvgIpc) is 2.65. The molecule has 0 aromatic rings. The summed E-state index contributed by atoms with van der Waals surface area (Å²) in [6.45, 7) is 10.4. The van der Waals surface area contributed by atoms with Gasteiger partial charge in [-0.1, -0.05) is 18.0 Å². The minimum absolute atomic E-state index is 0.224. The zero-order valence-electron chi connectivity index (χ0n) is 8.31. The molecule has 0 amide bonds. The van der Waals surface area contributed by atoms with Crippen molar-refractivity contribution in [3.63, 3.8) is 0 Å². The summed E-state index contributed by atoms with van der Waals surface area (Å²) >= 11 is 1.90. The predicted molar refractivity (Wildman–Crippen MR) is 57.3 cm³/mol. The molecule has 1 rings (SSSR count). The number of hydrogen-bond acceptors (Lipinski definition) is 2. The molecule has 0 unspecified atom stereocenters. The number of nitrogens with one attached hydrogen (secondary N) is 1. The van der Waals surface area contributed by atoms with E-state index in [-0.39, 0.29) is 5.54 Å². The summed E-state index contributed by atoms with van der Waals surface area (Å²) in [5, 5.41) is 0. The molecule has 0 aromatic carbocycles. The predicted octanol–water partition coefficient (Wildman–Crippen LogP) is 3.13. The average molecular weight is 185 g/mol. The summed E-state index contributed by atoms with van der Waals surface area (Å²) < 4.78 is 3.97. The molecule has 1 aliphatic carbocycles.